The third-order valence-electron chi connectivity index (χ3n) is 7.69. The molecule has 0 aromatic heterocycles. The molecule has 7 heteroatoms. The lowest BCUT2D eigenvalue weighted by molar-refractivity contribution is -0.155. The van der Waals surface area contributed by atoms with Crippen molar-refractivity contribution in [2.24, 2.45) is 34.0 Å². The average Bonchev–Trinajstić information content (AvgIpc) is 3.02. The first-order valence-corrected chi connectivity index (χ1v) is 14.0. The van der Waals surface area contributed by atoms with E-state index in [1.54, 1.807) is 4.90 Å². The molecule has 202 valence electrons. The molecule has 0 aromatic rings. The molecule has 1 unspecified atom stereocenters. The molecule has 2 aliphatic rings. The quantitative estimate of drug-likeness (QED) is 0.434. The van der Waals surface area contributed by atoms with Crippen molar-refractivity contribution in [3.63, 3.8) is 0 Å². The molecule has 1 saturated heterocycles. The highest BCUT2D eigenvalue weighted by molar-refractivity contribution is 8.00. The molecule has 1 aliphatic carbocycles. The van der Waals surface area contributed by atoms with Crippen molar-refractivity contribution in [1.29, 1.82) is 0 Å². The normalized spacial score (nSPS) is 26.1. The Morgan fingerprint density at radius 2 is 1.66 bits per heavy atom. The minimum atomic E-state index is -0.707. The van der Waals surface area contributed by atoms with E-state index in [1.165, 1.54) is 7.11 Å². The number of hydrogen-bond donors (Lipinski definition) is 1. The third-order valence-corrected chi connectivity index (χ3v) is 9.40. The predicted octanol–water partition coefficient (Wildman–Crippen LogP) is 5.15. The number of nitrogens with one attached hydrogen (secondary N) is 1. The SMILES string of the molecule is COC(=O)[C@@H]1C2[C@H](CN1C(=O)[C@@H](NC(=O)C[C@](C)(CSC(C)(C)C)CC(C)C)C(C)(C)C)C2(C)C. The van der Waals surface area contributed by atoms with Crippen LogP contribution >= 0.6 is 11.8 Å². The van der Waals surface area contributed by atoms with E-state index in [4.69, 9.17) is 4.74 Å². The Bertz CT molecular complexity index is 811. The van der Waals surface area contributed by atoms with Crippen LogP contribution in [0.4, 0.5) is 0 Å². The zero-order valence-electron chi connectivity index (χ0n) is 24.2. The van der Waals surface area contributed by atoms with Crippen molar-refractivity contribution >= 4 is 29.5 Å². The highest BCUT2D eigenvalue weighted by atomic mass is 32.2. The molecular formula is C28H50N2O4S. The van der Waals surface area contributed by atoms with E-state index in [0.717, 1.165) is 12.2 Å². The highest BCUT2D eigenvalue weighted by Crippen LogP contribution is 2.65. The Morgan fingerprint density at radius 1 is 1.09 bits per heavy atom. The monoisotopic (exact) mass is 510 g/mol. The number of hydrogen-bond acceptors (Lipinski definition) is 5. The van der Waals surface area contributed by atoms with Gasteiger partial charge in [-0.15, -0.1) is 0 Å². The summed E-state index contributed by atoms with van der Waals surface area (Å²) in [4.78, 5) is 41.6. The summed E-state index contributed by atoms with van der Waals surface area (Å²) in [6, 6.07) is -1.29. The fourth-order valence-corrected chi connectivity index (χ4v) is 6.88. The van der Waals surface area contributed by atoms with Crippen molar-refractivity contribution in [3.05, 3.63) is 0 Å². The molecule has 0 spiro atoms. The number of esters is 1. The standard InChI is InChI=1S/C28H50N2O4S/c1-17(2)13-28(11,16-35-26(6,7)8)14-19(31)29-22(25(3,4)5)23(32)30-15-18-20(27(18,9)10)21(30)24(33)34-12/h17-18,20-22H,13-16H2,1-12H3,(H,29,31)/t18-,20?,21-,22+,28+/m0/s1. The number of fused-ring (bicyclic) bond motifs is 1. The number of amides is 2. The molecule has 1 saturated carbocycles. The van der Waals surface area contributed by atoms with Gasteiger partial charge in [0.15, 0.2) is 0 Å². The molecular weight excluding hydrogens is 460 g/mol. The number of methoxy groups -OCH3 is 1. The lowest BCUT2D eigenvalue weighted by atomic mass is 9.80. The van der Waals surface area contributed by atoms with Gasteiger partial charge in [0.1, 0.15) is 12.1 Å². The minimum Gasteiger partial charge on any atom is -0.467 e. The lowest BCUT2D eigenvalue weighted by Gasteiger charge is -2.38. The number of carbonyl (C=O) groups is 3. The van der Waals surface area contributed by atoms with Gasteiger partial charge < -0.3 is 15.0 Å². The molecule has 2 rings (SSSR count). The van der Waals surface area contributed by atoms with Gasteiger partial charge in [0.25, 0.3) is 0 Å². The van der Waals surface area contributed by atoms with Gasteiger partial charge in [-0.1, -0.05) is 76.2 Å². The van der Waals surface area contributed by atoms with Gasteiger partial charge in [0.2, 0.25) is 11.8 Å². The van der Waals surface area contributed by atoms with Crippen LogP contribution in [0.2, 0.25) is 0 Å². The van der Waals surface area contributed by atoms with Gasteiger partial charge in [-0.25, -0.2) is 4.79 Å². The summed E-state index contributed by atoms with van der Waals surface area (Å²) in [6.07, 6.45) is 1.31. The number of thioether (sulfide) groups is 1. The van der Waals surface area contributed by atoms with Crippen LogP contribution in [-0.4, -0.2) is 58.9 Å². The number of carbonyl (C=O) groups excluding carboxylic acids is 3. The highest BCUT2D eigenvalue weighted by Gasteiger charge is 2.70. The number of likely N-dealkylation sites (tertiary alicyclic amines) is 1. The summed E-state index contributed by atoms with van der Waals surface area (Å²) in [5.74, 6) is 1.10. The molecule has 2 fully saturated rings. The summed E-state index contributed by atoms with van der Waals surface area (Å²) in [5.41, 5.74) is -0.640. The molecule has 1 N–H and O–H groups in total. The van der Waals surface area contributed by atoms with E-state index in [2.05, 4.69) is 60.7 Å². The molecule has 1 aliphatic heterocycles. The Morgan fingerprint density at radius 3 is 2.11 bits per heavy atom. The Kier molecular flexibility index (Phi) is 8.79. The van der Waals surface area contributed by atoms with Crippen molar-refractivity contribution in [1.82, 2.24) is 10.2 Å². The molecule has 6 nitrogen and oxygen atoms in total. The van der Waals surface area contributed by atoms with Gasteiger partial charge in [-0.2, -0.15) is 11.8 Å². The van der Waals surface area contributed by atoms with E-state index in [0.29, 0.717) is 18.9 Å². The van der Waals surface area contributed by atoms with Crippen LogP contribution in [0.1, 0.15) is 89.0 Å². The van der Waals surface area contributed by atoms with Crippen LogP contribution < -0.4 is 5.32 Å². The van der Waals surface area contributed by atoms with E-state index in [-0.39, 0.29) is 45.2 Å². The largest absolute Gasteiger partial charge is 0.467 e. The smallest absolute Gasteiger partial charge is 0.328 e. The van der Waals surface area contributed by atoms with Crippen molar-refractivity contribution in [2.45, 2.75) is 106 Å². The molecule has 2 amide bonds. The van der Waals surface area contributed by atoms with Crippen LogP contribution in [-0.2, 0) is 19.1 Å². The fourth-order valence-electron chi connectivity index (χ4n) is 5.88. The Balaban J connectivity index is 2.21. The number of piperidine rings is 1. The second-order valence-corrected chi connectivity index (χ2v) is 16.1. The number of ether oxygens (including phenoxy) is 1. The van der Waals surface area contributed by atoms with Crippen LogP contribution in [0.25, 0.3) is 0 Å². The van der Waals surface area contributed by atoms with E-state index >= 15 is 0 Å². The third kappa shape index (κ3) is 7.17. The average molecular weight is 511 g/mol. The number of rotatable bonds is 9. The maximum atomic E-state index is 13.8. The summed E-state index contributed by atoms with van der Waals surface area (Å²) in [7, 11) is 1.38. The van der Waals surface area contributed by atoms with Crippen LogP contribution in [0.5, 0.6) is 0 Å². The van der Waals surface area contributed by atoms with Crippen LogP contribution in [0.3, 0.4) is 0 Å². The molecule has 0 aromatic carbocycles. The Labute approximate surface area is 218 Å². The van der Waals surface area contributed by atoms with Gasteiger partial charge in [-0.05, 0) is 40.3 Å². The maximum Gasteiger partial charge on any atom is 0.328 e. The van der Waals surface area contributed by atoms with Crippen molar-refractivity contribution < 1.29 is 19.1 Å². The zero-order valence-corrected chi connectivity index (χ0v) is 25.0. The summed E-state index contributed by atoms with van der Waals surface area (Å²) < 4.78 is 5.20. The van der Waals surface area contributed by atoms with E-state index in [9.17, 15) is 14.4 Å². The first-order valence-electron chi connectivity index (χ1n) is 13.0. The van der Waals surface area contributed by atoms with E-state index < -0.39 is 17.5 Å². The van der Waals surface area contributed by atoms with Gasteiger partial charge in [-0.3, -0.25) is 9.59 Å². The predicted molar refractivity (Wildman–Crippen MR) is 144 cm³/mol. The minimum absolute atomic E-state index is 0.0273. The van der Waals surface area contributed by atoms with Crippen molar-refractivity contribution in [3.8, 4) is 0 Å². The molecule has 5 atom stereocenters. The first-order chi connectivity index (χ1) is 15.7. The maximum absolute atomic E-state index is 13.8. The lowest BCUT2D eigenvalue weighted by Crippen LogP contribution is -2.58. The topological polar surface area (TPSA) is 75.7 Å². The molecule has 35 heavy (non-hydrogen) atoms. The summed E-state index contributed by atoms with van der Waals surface area (Å²) in [6.45, 7) is 23.9. The molecule has 1 heterocycles. The second kappa shape index (κ2) is 10.3. The summed E-state index contributed by atoms with van der Waals surface area (Å²) >= 11 is 1.88. The van der Waals surface area contributed by atoms with Crippen LogP contribution in [0.15, 0.2) is 0 Å². The first kappa shape index (κ1) is 30.0. The van der Waals surface area contributed by atoms with Crippen molar-refractivity contribution in [2.75, 3.05) is 19.4 Å². The molecule has 0 bridgehead atoms. The summed E-state index contributed by atoms with van der Waals surface area (Å²) in [5, 5.41) is 3.10. The van der Waals surface area contributed by atoms with Gasteiger partial charge in [0.05, 0.1) is 7.11 Å². The number of nitrogens with zero attached hydrogens (tertiary/aromatic N) is 1. The Hall–Kier alpha value is -1.24. The van der Waals surface area contributed by atoms with Gasteiger partial charge >= 0.3 is 5.97 Å². The van der Waals surface area contributed by atoms with E-state index in [1.807, 2.05) is 32.5 Å². The molecule has 0 radical (unpaired) electrons. The zero-order chi connectivity index (χ0) is 27.1. The van der Waals surface area contributed by atoms with Gasteiger partial charge in [0, 0.05) is 23.6 Å². The van der Waals surface area contributed by atoms with Crippen LogP contribution in [0, 0.1) is 34.0 Å². The second-order valence-electron chi connectivity index (χ2n) is 14.3. The fraction of sp³-hybridized carbons (Fsp3) is 0.893.